The Hall–Kier alpha value is -3.89. The van der Waals surface area contributed by atoms with Crippen molar-refractivity contribution < 1.29 is 80.0 Å². The summed E-state index contributed by atoms with van der Waals surface area (Å²) in [5.41, 5.74) is -0.759. The summed E-state index contributed by atoms with van der Waals surface area (Å²) in [5.74, 6) is -7.20. The fourth-order valence-electron chi connectivity index (χ4n) is 2.25. The van der Waals surface area contributed by atoms with Gasteiger partial charge in [0.25, 0.3) is 0 Å². The van der Waals surface area contributed by atoms with Crippen LogP contribution in [-0.2, 0) is 29.9 Å². The van der Waals surface area contributed by atoms with Crippen LogP contribution in [0.25, 0.3) is 0 Å². The molecule has 1 amide bonds. The Balaban J connectivity index is 0.00000512. The molecule has 13 nitrogen and oxygen atoms in total. The number of carbonyl (C=O) groups excluding carboxylic acids is 2. The fraction of sp³-hybridized carbons (Fsp3) is 0.167. The van der Waals surface area contributed by atoms with E-state index in [9.17, 15) is 45.0 Å². The van der Waals surface area contributed by atoms with E-state index in [0.29, 0.717) is 0 Å². The Kier molecular flexibility index (Phi) is 8.94. The molecular formula is C18H17NO12Re. The van der Waals surface area contributed by atoms with Crippen LogP contribution in [-0.4, -0.2) is 73.0 Å². The standard InChI is InChI=1S/C18H17NO12.Re/c20-10-1-7(2-11(21)14(10)24)16(26)30-6-9(5-19-18(28)29)31-17(27)8-3-12(22)15(25)13(23)4-8;/h1-4,9,19-25H,5-6H2,(H,28,29);. The molecule has 0 saturated carbocycles. The van der Waals surface area contributed by atoms with Crippen molar-refractivity contribution in [1.82, 2.24) is 5.32 Å². The minimum Gasteiger partial charge on any atom is -0.504 e. The first-order valence-corrected chi connectivity index (χ1v) is 8.34. The number of rotatable bonds is 7. The maximum absolute atomic E-state index is 12.2. The summed E-state index contributed by atoms with van der Waals surface area (Å²) in [7, 11) is 0. The van der Waals surface area contributed by atoms with Crippen molar-refractivity contribution in [2.45, 2.75) is 6.10 Å². The van der Waals surface area contributed by atoms with Crippen LogP contribution in [0.3, 0.4) is 0 Å². The van der Waals surface area contributed by atoms with Crippen LogP contribution in [0, 0.1) is 0 Å². The third-order valence-electron chi connectivity index (χ3n) is 3.77. The number of amides is 1. The van der Waals surface area contributed by atoms with Gasteiger partial charge in [0, 0.05) is 20.4 Å². The zero-order valence-electron chi connectivity index (χ0n) is 15.9. The molecule has 1 unspecified atom stereocenters. The first-order valence-electron chi connectivity index (χ1n) is 8.34. The number of carboxylic acid groups (broad SMARTS) is 1. The Labute approximate surface area is 192 Å². The number of hydrogen-bond acceptors (Lipinski definition) is 11. The number of phenolic OH excluding ortho intramolecular Hbond substituents is 6. The van der Waals surface area contributed by atoms with Crippen molar-refractivity contribution in [3.05, 3.63) is 35.4 Å². The molecule has 8 N–H and O–H groups in total. The minimum absolute atomic E-state index is 0. The molecule has 2 rings (SSSR count). The SMILES string of the molecule is O=C(O)NCC(COC(=O)c1cc(O)c(O)c(O)c1)OC(=O)c1cc(O)c(O)c(O)c1.[Re]. The predicted molar refractivity (Wildman–Crippen MR) is 98.4 cm³/mol. The molecule has 0 saturated heterocycles. The average Bonchev–Trinajstić information content (AvgIpc) is 2.70. The second kappa shape index (κ2) is 10.9. The number of benzene rings is 2. The summed E-state index contributed by atoms with van der Waals surface area (Å²) in [6.07, 6.45) is -2.84. The van der Waals surface area contributed by atoms with Gasteiger partial charge >= 0.3 is 18.0 Å². The summed E-state index contributed by atoms with van der Waals surface area (Å²) < 4.78 is 9.89. The largest absolute Gasteiger partial charge is 0.504 e. The van der Waals surface area contributed by atoms with Gasteiger partial charge in [-0.25, -0.2) is 14.4 Å². The third-order valence-corrected chi connectivity index (χ3v) is 3.77. The maximum atomic E-state index is 12.2. The van der Waals surface area contributed by atoms with E-state index in [-0.39, 0.29) is 26.0 Å². The Morgan fingerprint density at radius 2 is 1.19 bits per heavy atom. The van der Waals surface area contributed by atoms with Crippen molar-refractivity contribution >= 4 is 18.0 Å². The molecule has 0 aliphatic heterocycles. The van der Waals surface area contributed by atoms with Gasteiger partial charge in [0.2, 0.25) is 0 Å². The van der Waals surface area contributed by atoms with E-state index in [1.807, 2.05) is 5.32 Å². The predicted octanol–water partition coefficient (Wildman–Crippen LogP) is 0.568. The molecule has 0 aliphatic carbocycles. The number of phenols is 6. The Morgan fingerprint density at radius 1 is 0.781 bits per heavy atom. The van der Waals surface area contributed by atoms with Crippen LogP contribution >= 0.6 is 0 Å². The van der Waals surface area contributed by atoms with Crippen LogP contribution in [0.15, 0.2) is 24.3 Å². The van der Waals surface area contributed by atoms with Gasteiger partial charge < -0.3 is 50.5 Å². The molecule has 0 aliphatic rings. The second-order valence-corrected chi connectivity index (χ2v) is 6.04. The van der Waals surface area contributed by atoms with Crippen molar-refractivity contribution in [2.75, 3.05) is 13.2 Å². The van der Waals surface area contributed by atoms with Crippen molar-refractivity contribution in [2.24, 2.45) is 0 Å². The molecule has 1 radical (unpaired) electrons. The Morgan fingerprint density at radius 3 is 1.59 bits per heavy atom. The molecule has 1 atom stereocenters. The minimum atomic E-state index is -1.47. The van der Waals surface area contributed by atoms with Crippen molar-refractivity contribution in [3.8, 4) is 34.5 Å². The topological polar surface area (TPSA) is 223 Å². The quantitative estimate of drug-likeness (QED) is 0.156. The van der Waals surface area contributed by atoms with E-state index >= 15 is 0 Å². The number of nitrogens with one attached hydrogen (secondary N) is 1. The molecule has 14 heteroatoms. The van der Waals surface area contributed by atoms with Crippen LogP contribution < -0.4 is 5.32 Å². The molecule has 0 bridgehead atoms. The van der Waals surface area contributed by atoms with E-state index in [1.165, 1.54) is 0 Å². The molecule has 32 heavy (non-hydrogen) atoms. The average molecular weight is 626 g/mol. The van der Waals surface area contributed by atoms with Crippen LogP contribution in [0.1, 0.15) is 20.7 Å². The van der Waals surface area contributed by atoms with Gasteiger partial charge in [-0.3, -0.25) is 0 Å². The monoisotopic (exact) mass is 626 g/mol. The summed E-state index contributed by atoms with van der Waals surface area (Å²) in [4.78, 5) is 35.0. The third kappa shape index (κ3) is 6.56. The van der Waals surface area contributed by atoms with Gasteiger partial charge in [-0.05, 0) is 24.3 Å². The fourth-order valence-corrected chi connectivity index (χ4v) is 2.25. The first-order chi connectivity index (χ1) is 14.5. The van der Waals surface area contributed by atoms with Gasteiger partial charge in [-0.1, -0.05) is 0 Å². The van der Waals surface area contributed by atoms with E-state index in [4.69, 9.17) is 14.6 Å². The molecule has 0 heterocycles. The van der Waals surface area contributed by atoms with E-state index in [1.54, 1.807) is 0 Å². The van der Waals surface area contributed by atoms with Crippen molar-refractivity contribution in [3.63, 3.8) is 0 Å². The zero-order valence-corrected chi connectivity index (χ0v) is 18.6. The molecule has 0 fully saturated rings. The first kappa shape index (κ1) is 26.1. The molecular weight excluding hydrogens is 608 g/mol. The number of hydrogen-bond donors (Lipinski definition) is 8. The van der Waals surface area contributed by atoms with Gasteiger partial charge in [0.1, 0.15) is 6.61 Å². The molecule has 2 aromatic rings. The summed E-state index contributed by atoms with van der Waals surface area (Å²) >= 11 is 0. The van der Waals surface area contributed by atoms with Crippen molar-refractivity contribution in [1.29, 1.82) is 0 Å². The maximum Gasteiger partial charge on any atom is 0.404 e. The van der Waals surface area contributed by atoms with Gasteiger partial charge in [0.15, 0.2) is 40.6 Å². The number of esters is 2. The van der Waals surface area contributed by atoms with Gasteiger partial charge in [-0.15, -0.1) is 0 Å². The smallest absolute Gasteiger partial charge is 0.404 e. The number of aromatic hydroxyl groups is 6. The second-order valence-electron chi connectivity index (χ2n) is 6.04. The molecule has 0 spiro atoms. The van der Waals surface area contributed by atoms with E-state index in [0.717, 1.165) is 24.3 Å². The Bertz CT molecular complexity index is 979. The number of ether oxygens (including phenoxy) is 2. The summed E-state index contributed by atoms with van der Waals surface area (Å²) in [6, 6.07) is 3.17. The van der Waals surface area contributed by atoms with Gasteiger partial charge in [-0.2, -0.15) is 0 Å². The molecule has 173 valence electrons. The molecule has 2 aromatic carbocycles. The zero-order chi connectivity index (χ0) is 23.3. The van der Waals surface area contributed by atoms with Crippen LogP contribution in [0.4, 0.5) is 4.79 Å². The van der Waals surface area contributed by atoms with Crippen LogP contribution in [0.5, 0.6) is 34.5 Å². The summed E-state index contributed by atoms with van der Waals surface area (Å²) in [6.45, 7) is -1.19. The van der Waals surface area contributed by atoms with E-state index < -0.39 is 77.3 Å². The van der Waals surface area contributed by atoms with E-state index in [2.05, 4.69) is 0 Å². The van der Waals surface area contributed by atoms with Gasteiger partial charge in [0.05, 0.1) is 17.7 Å². The van der Waals surface area contributed by atoms with Crippen LogP contribution in [0.2, 0.25) is 0 Å². The summed E-state index contributed by atoms with van der Waals surface area (Å²) in [5, 5.41) is 67.1. The normalized spacial score (nSPS) is 11.0. The number of carbonyl (C=O) groups is 3. The molecule has 0 aromatic heterocycles.